The van der Waals surface area contributed by atoms with Gasteiger partial charge in [-0.15, -0.1) is 0 Å². The zero-order valence-corrected chi connectivity index (χ0v) is 20.7. The lowest BCUT2D eigenvalue weighted by Crippen LogP contribution is -2.42. The van der Waals surface area contributed by atoms with E-state index in [-0.39, 0.29) is 0 Å². The first-order valence-electron chi connectivity index (χ1n) is 8.53. The largest absolute Gasteiger partial charge is 0.463 e. The van der Waals surface area contributed by atoms with Crippen molar-refractivity contribution >= 4 is 45.9 Å². The summed E-state index contributed by atoms with van der Waals surface area (Å²) in [6.07, 6.45) is -2.67. The highest BCUT2D eigenvalue weighted by Crippen LogP contribution is 2.34. The number of rotatable bonds is 7. The van der Waals surface area contributed by atoms with E-state index in [2.05, 4.69) is 10.7 Å². The topological polar surface area (TPSA) is 211 Å². The van der Waals surface area contributed by atoms with Crippen LogP contribution < -0.4 is 11.2 Å². The van der Waals surface area contributed by atoms with Gasteiger partial charge in [0.2, 0.25) is 9.05 Å². The van der Waals surface area contributed by atoms with E-state index in [0.717, 1.165) is 30.0 Å². The van der Waals surface area contributed by atoms with Crippen LogP contribution in [0.5, 0.6) is 0 Å². The maximum absolute atomic E-state index is 12.1. The molecule has 1 aliphatic heterocycles. The number of nitrogens with one attached hydrogen (secondary N) is 1. The van der Waals surface area contributed by atoms with Crippen LogP contribution in [0.4, 0.5) is 0 Å². The molecule has 1 saturated heterocycles. The lowest BCUT2D eigenvalue weighted by atomic mass is 10.1. The van der Waals surface area contributed by atoms with Crippen LogP contribution in [0, 0.1) is 0 Å². The molecule has 0 radical (unpaired) electrons. The number of hydrogen-bond acceptors (Lipinski definition) is 13. The second-order valence-corrected chi connectivity index (χ2v) is 12.8. The number of hydrogen-bond donors (Lipinski definition) is 1. The highest BCUT2D eigenvalue weighted by molar-refractivity contribution is 8.13. The van der Waals surface area contributed by atoms with E-state index in [4.69, 9.17) is 17.8 Å². The number of aromatic amines is 1. The number of aromatic nitrogens is 2. The van der Waals surface area contributed by atoms with Crippen molar-refractivity contribution in [1.82, 2.24) is 9.55 Å². The third-order valence-electron chi connectivity index (χ3n) is 3.43. The molecule has 190 valence electrons. The average molecular weight is 557 g/mol. The second-order valence-electron chi connectivity index (χ2n) is 6.60. The van der Waals surface area contributed by atoms with Gasteiger partial charge in [-0.3, -0.25) is 27.5 Å². The van der Waals surface area contributed by atoms with Crippen LogP contribution in [-0.4, -0.2) is 84.5 Å². The monoisotopic (exact) mass is 556 g/mol. The maximum atomic E-state index is 12.1. The van der Waals surface area contributed by atoms with Crippen molar-refractivity contribution in [2.75, 3.05) is 25.4 Å². The van der Waals surface area contributed by atoms with Gasteiger partial charge in [-0.05, 0) is 0 Å². The normalized spacial score (nSPS) is 23.4. The molecule has 0 spiro atoms. The van der Waals surface area contributed by atoms with Crippen LogP contribution in [0.15, 0.2) is 21.9 Å². The standard InChI is InChI=1S/C13H18N2O11S2.CH3ClO2S/c1-7(16)23-6-8-10(25-27(2,19)20)11(26-28(3,21)22)12(24-8)15-5-4-9(17)14-13(15)18;1-5(2,3)4/h4-5,8,10-12H,6H2,1-3H3,(H,14,17,18);1H3/t8-,10-,11-,12-;/m1./s1. The van der Waals surface area contributed by atoms with Crippen LogP contribution in [-0.2, 0) is 51.9 Å². The third-order valence-corrected chi connectivity index (χ3v) is 4.58. The van der Waals surface area contributed by atoms with Crippen molar-refractivity contribution in [3.63, 3.8) is 0 Å². The molecule has 0 unspecified atom stereocenters. The Morgan fingerprint density at radius 3 is 1.97 bits per heavy atom. The fourth-order valence-corrected chi connectivity index (χ4v) is 3.76. The summed E-state index contributed by atoms with van der Waals surface area (Å²) in [6.45, 7) is 0.587. The van der Waals surface area contributed by atoms with E-state index in [1.165, 1.54) is 0 Å². The molecule has 1 aromatic heterocycles. The van der Waals surface area contributed by atoms with Gasteiger partial charge in [-0.2, -0.15) is 16.8 Å². The number of esters is 1. The number of H-pyrrole nitrogens is 1. The fraction of sp³-hybridized carbons (Fsp3) is 0.643. The molecule has 1 aliphatic rings. The SMILES string of the molecule is CC(=O)OC[C@H]1O[C@@H](n2ccc(=O)[nH]c2=O)[C@H](OS(C)(=O)=O)[C@@H]1OS(C)(=O)=O.CS(=O)(=O)Cl. The summed E-state index contributed by atoms with van der Waals surface area (Å²) in [5.74, 6) is -0.716. The summed E-state index contributed by atoms with van der Waals surface area (Å²) in [4.78, 5) is 36.4. The molecule has 0 aliphatic carbocycles. The molecule has 1 aromatic rings. The van der Waals surface area contributed by atoms with E-state index >= 15 is 0 Å². The zero-order chi connectivity index (χ0) is 25.8. The van der Waals surface area contributed by atoms with Crippen LogP contribution in [0.2, 0.25) is 0 Å². The highest BCUT2D eigenvalue weighted by atomic mass is 35.7. The Balaban J connectivity index is 0.000000981. The van der Waals surface area contributed by atoms with Crippen LogP contribution in [0.3, 0.4) is 0 Å². The Kier molecular flexibility index (Phi) is 9.79. The van der Waals surface area contributed by atoms with Gasteiger partial charge >= 0.3 is 11.7 Å². The van der Waals surface area contributed by atoms with Crippen molar-refractivity contribution in [3.8, 4) is 0 Å². The molecule has 33 heavy (non-hydrogen) atoms. The van der Waals surface area contributed by atoms with Crippen molar-refractivity contribution in [2.45, 2.75) is 31.5 Å². The Hall–Kier alpha value is -1.83. The summed E-state index contributed by atoms with van der Waals surface area (Å²) >= 11 is 0. The summed E-state index contributed by atoms with van der Waals surface area (Å²) in [5.41, 5.74) is -1.69. The van der Waals surface area contributed by atoms with Crippen molar-refractivity contribution < 1.29 is 47.9 Å². The predicted molar refractivity (Wildman–Crippen MR) is 112 cm³/mol. The minimum absolute atomic E-state index is 0.506. The molecule has 1 fully saturated rings. The molecule has 0 aromatic carbocycles. The Labute approximate surface area is 193 Å². The van der Waals surface area contributed by atoms with Crippen molar-refractivity contribution in [3.05, 3.63) is 33.1 Å². The van der Waals surface area contributed by atoms with E-state index < -0.39 is 77.7 Å². The minimum atomic E-state index is -4.16. The van der Waals surface area contributed by atoms with Crippen LogP contribution in [0.25, 0.3) is 0 Å². The molecule has 0 bridgehead atoms. The van der Waals surface area contributed by atoms with E-state index in [0.29, 0.717) is 12.5 Å². The number of ether oxygens (including phenoxy) is 2. The van der Waals surface area contributed by atoms with Crippen molar-refractivity contribution in [2.24, 2.45) is 0 Å². The molecule has 1 N–H and O–H groups in total. The number of halogens is 1. The second kappa shape index (κ2) is 11.1. The van der Waals surface area contributed by atoms with E-state index in [1.54, 1.807) is 0 Å². The van der Waals surface area contributed by atoms with Gasteiger partial charge in [-0.25, -0.2) is 13.2 Å². The number of carbonyl (C=O) groups excluding carboxylic acids is 1. The van der Waals surface area contributed by atoms with Crippen LogP contribution >= 0.6 is 10.7 Å². The van der Waals surface area contributed by atoms with Gasteiger partial charge in [-0.1, -0.05) is 0 Å². The lowest BCUT2D eigenvalue weighted by Gasteiger charge is -2.22. The van der Waals surface area contributed by atoms with E-state index in [1.807, 2.05) is 4.98 Å². The molecule has 4 atom stereocenters. The number of nitrogens with zero attached hydrogens (tertiary/aromatic N) is 1. The summed E-state index contributed by atoms with van der Waals surface area (Å²) in [7, 11) is -6.99. The maximum Gasteiger partial charge on any atom is 0.330 e. The zero-order valence-electron chi connectivity index (χ0n) is 17.5. The summed E-state index contributed by atoms with van der Waals surface area (Å²) in [5, 5.41) is 0. The molecule has 19 heteroatoms. The first kappa shape index (κ1) is 29.2. The Morgan fingerprint density at radius 2 is 1.55 bits per heavy atom. The summed E-state index contributed by atoms with van der Waals surface area (Å²) < 4.78 is 86.3. The highest BCUT2D eigenvalue weighted by Gasteiger charge is 2.51. The minimum Gasteiger partial charge on any atom is -0.463 e. The van der Waals surface area contributed by atoms with Gasteiger partial charge in [0.05, 0.1) is 18.8 Å². The molecular formula is C14H21ClN2O13S3. The van der Waals surface area contributed by atoms with Gasteiger partial charge in [0.15, 0.2) is 12.3 Å². The van der Waals surface area contributed by atoms with Crippen LogP contribution in [0.1, 0.15) is 13.2 Å². The summed E-state index contributed by atoms with van der Waals surface area (Å²) in [6, 6.07) is 0.966. The first-order chi connectivity index (χ1) is 14.8. The molecule has 15 nitrogen and oxygen atoms in total. The fourth-order valence-electron chi connectivity index (χ4n) is 2.52. The molecule has 2 rings (SSSR count). The van der Waals surface area contributed by atoms with Gasteiger partial charge < -0.3 is 9.47 Å². The smallest absolute Gasteiger partial charge is 0.330 e. The van der Waals surface area contributed by atoms with E-state index in [9.17, 15) is 39.6 Å². The lowest BCUT2D eigenvalue weighted by molar-refractivity contribution is -0.147. The molecule has 0 amide bonds. The Morgan fingerprint density at radius 1 is 1.06 bits per heavy atom. The molecule has 2 heterocycles. The molecule has 0 saturated carbocycles. The Bertz CT molecular complexity index is 1280. The predicted octanol–water partition coefficient (Wildman–Crippen LogP) is -2.13. The van der Waals surface area contributed by atoms with Gasteiger partial charge in [0, 0.05) is 29.9 Å². The first-order valence-corrected chi connectivity index (χ1v) is 14.9. The third kappa shape index (κ3) is 11.2. The number of carbonyl (C=O) groups is 1. The quantitative estimate of drug-likeness (QED) is 0.216. The molecular weight excluding hydrogens is 536 g/mol. The van der Waals surface area contributed by atoms with Gasteiger partial charge in [0.25, 0.3) is 25.8 Å². The average Bonchev–Trinajstić information content (AvgIpc) is 2.86. The van der Waals surface area contributed by atoms with Crippen molar-refractivity contribution in [1.29, 1.82) is 0 Å². The van der Waals surface area contributed by atoms with Gasteiger partial charge in [0.1, 0.15) is 18.8 Å².